The lowest BCUT2D eigenvalue weighted by molar-refractivity contribution is -0.138. The number of carbonyl (C=O) groups is 1. The lowest BCUT2D eigenvalue weighted by atomic mass is 9.98. The molecule has 2 fully saturated rings. The molecule has 138 valence electrons. The first-order chi connectivity index (χ1) is 13.3. The fraction of sp³-hybridized carbons (Fsp3) is 0.333. The molecule has 5 rings (SSSR count). The number of amides is 1. The van der Waals surface area contributed by atoms with Crippen molar-refractivity contribution < 1.29 is 9.32 Å². The number of hydrazine groups is 1. The Morgan fingerprint density at radius 2 is 2.15 bits per heavy atom. The van der Waals surface area contributed by atoms with Gasteiger partial charge in [0.25, 0.3) is 0 Å². The lowest BCUT2D eigenvalue weighted by Crippen LogP contribution is -2.54. The maximum absolute atomic E-state index is 12.7. The van der Waals surface area contributed by atoms with Gasteiger partial charge in [-0.1, -0.05) is 17.3 Å². The topological polar surface area (TPSA) is 96.2 Å². The van der Waals surface area contributed by atoms with Crippen LogP contribution in [0.25, 0.3) is 11.5 Å². The summed E-state index contributed by atoms with van der Waals surface area (Å²) in [5.74, 6) is 1.24. The molecule has 2 unspecified atom stereocenters. The SMILES string of the molecule is O=C(C1CC(c2cccs2)NN1)N1CC(c2nc(-c3ccccn3)no2)C1. The molecule has 0 saturated carbocycles. The highest BCUT2D eigenvalue weighted by molar-refractivity contribution is 7.10. The average molecular weight is 382 g/mol. The Morgan fingerprint density at radius 3 is 2.93 bits per heavy atom. The molecule has 0 aromatic carbocycles. The molecule has 2 aliphatic rings. The predicted octanol–water partition coefficient (Wildman–Crippen LogP) is 1.73. The second-order valence-corrected chi connectivity index (χ2v) is 7.74. The third-order valence-electron chi connectivity index (χ3n) is 4.97. The minimum Gasteiger partial charge on any atom is -0.340 e. The summed E-state index contributed by atoms with van der Waals surface area (Å²) < 4.78 is 5.38. The van der Waals surface area contributed by atoms with E-state index in [-0.39, 0.29) is 23.9 Å². The van der Waals surface area contributed by atoms with E-state index in [4.69, 9.17) is 4.52 Å². The molecule has 1 amide bonds. The molecule has 2 atom stereocenters. The highest BCUT2D eigenvalue weighted by Crippen LogP contribution is 2.31. The van der Waals surface area contributed by atoms with Crippen molar-refractivity contribution in [2.75, 3.05) is 13.1 Å². The largest absolute Gasteiger partial charge is 0.340 e. The number of thiophene rings is 1. The molecular weight excluding hydrogens is 364 g/mol. The average Bonchev–Trinajstić information content (AvgIpc) is 3.41. The number of nitrogens with one attached hydrogen (secondary N) is 2. The van der Waals surface area contributed by atoms with Crippen molar-refractivity contribution >= 4 is 17.2 Å². The van der Waals surface area contributed by atoms with Crippen molar-refractivity contribution in [2.24, 2.45) is 0 Å². The molecule has 3 aromatic rings. The van der Waals surface area contributed by atoms with Crippen LogP contribution in [0.3, 0.4) is 0 Å². The molecule has 9 heteroatoms. The number of nitrogens with zero attached hydrogens (tertiary/aromatic N) is 4. The van der Waals surface area contributed by atoms with E-state index in [1.165, 1.54) is 4.88 Å². The van der Waals surface area contributed by atoms with Crippen molar-refractivity contribution in [2.45, 2.75) is 24.4 Å². The monoisotopic (exact) mass is 382 g/mol. The number of carbonyl (C=O) groups excluding carboxylic acids is 1. The first-order valence-electron chi connectivity index (χ1n) is 8.86. The van der Waals surface area contributed by atoms with Crippen LogP contribution in [0.5, 0.6) is 0 Å². The van der Waals surface area contributed by atoms with Crippen molar-refractivity contribution in [3.63, 3.8) is 0 Å². The van der Waals surface area contributed by atoms with Gasteiger partial charge in [-0.05, 0) is 30.0 Å². The Balaban J connectivity index is 1.18. The van der Waals surface area contributed by atoms with E-state index in [2.05, 4.69) is 37.4 Å². The minimum absolute atomic E-state index is 0.0846. The normalized spacial score (nSPS) is 22.7. The molecule has 8 nitrogen and oxygen atoms in total. The molecule has 0 bridgehead atoms. The van der Waals surface area contributed by atoms with Crippen molar-refractivity contribution in [3.05, 3.63) is 52.7 Å². The molecule has 0 aliphatic carbocycles. The molecule has 5 heterocycles. The van der Waals surface area contributed by atoms with E-state index in [0.29, 0.717) is 30.5 Å². The Morgan fingerprint density at radius 1 is 1.22 bits per heavy atom. The van der Waals surface area contributed by atoms with Gasteiger partial charge in [-0.15, -0.1) is 11.3 Å². The van der Waals surface area contributed by atoms with Crippen LogP contribution < -0.4 is 10.9 Å². The number of hydrogen-bond acceptors (Lipinski definition) is 8. The molecule has 3 aromatic heterocycles. The van der Waals surface area contributed by atoms with Gasteiger partial charge in [0.15, 0.2) is 0 Å². The van der Waals surface area contributed by atoms with Gasteiger partial charge >= 0.3 is 0 Å². The summed E-state index contributed by atoms with van der Waals surface area (Å²) in [4.78, 5) is 24.4. The van der Waals surface area contributed by atoms with E-state index in [1.54, 1.807) is 17.5 Å². The summed E-state index contributed by atoms with van der Waals surface area (Å²) >= 11 is 1.70. The summed E-state index contributed by atoms with van der Waals surface area (Å²) in [6, 6.07) is 9.67. The highest BCUT2D eigenvalue weighted by Gasteiger charge is 2.40. The Labute approximate surface area is 159 Å². The minimum atomic E-state index is -0.204. The van der Waals surface area contributed by atoms with Crippen LogP contribution in [0.15, 0.2) is 46.4 Å². The van der Waals surface area contributed by atoms with Crippen LogP contribution >= 0.6 is 11.3 Å². The summed E-state index contributed by atoms with van der Waals surface area (Å²) in [5.41, 5.74) is 7.03. The molecule has 2 aliphatic heterocycles. The van der Waals surface area contributed by atoms with Gasteiger partial charge in [0.1, 0.15) is 11.7 Å². The van der Waals surface area contributed by atoms with Crippen molar-refractivity contribution in [3.8, 4) is 11.5 Å². The fourth-order valence-electron chi connectivity index (χ4n) is 3.43. The van der Waals surface area contributed by atoms with Crippen molar-refractivity contribution in [1.29, 1.82) is 0 Å². The summed E-state index contributed by atoms with van der Waals surface area (Å²) in [6.07, 6.45) is 2.45. The highest BCUT2D eigenvalue weighted by atomic mass is 32.1. The van der Waals surface area contributed by atoms with Gasteiger partial charge in [-0.3, -0.25) is 9.78 Å². The van der Waals surface area contributed by atoms with Gasteiger partial charge in [-0.2, -0.15) is 4.98 Å². The van der Waals surface area contributed by atoms with Crippen LogP contribution in [0, 0.1) is 0 Å². The molecule has 0 radical (unpaired) electrons. The molecule has 27 heavy (non-hydrogen) atoms. The van der Waals surface area contributed by atoms with Crippen LogP contribution in [0.1, 0.15) is 29.1 Å². The van der Waals surface area contributed by atoms with E-state index in [0.717, 1.165) is 6.42 Å². The smallest absolute Gasteiger partial charge is 0.241 e. The van der Waals surface area contributed by atoms with Crippen molar-refractivity contribution in [1.82, 2.24) is 30.9 Å². The van der Waals surface area contributed by atoms with Crippen LogP contribution in [-0.4, -0.2) is 45.1 Å². The van der Waals surface area contributed by atoms with Gasteiger partial charge in [0.05, 0.1) is 12.0 Å². The molecule has 0 spiro atoms. The number of aromatic nitrogens is 3. The summed E-state index contributed by atoms with van der Waals surface area (Å²) in [7, 11) is 0. The third-order valence-corrected chi connectivity index (χ3v) is 5.95. The number of hydrogen-bond donors (Lipinski definition) is 2. The van der Waals surface area contributed by atoms with Crippen LogP contribution in [0.4, 0.5) is 0 Å². The summed E-state index contributed by atoms with van der Waals surface area (Å²) in [6.45, 7) is 1.20. The van der Waals surface area contributed by atoms with Crippen LogP contribution in [-0.2, 0) is 4.79 Å². The summed E-state index contributed by atoms with van der Waals surface area (Å²) in [5, 5.41) is 6.05. The first-order valence-corrected chi connectivity index (χ1v) is 9.74. The second-order valence-electron chi connectivity index (χ2n) is 6.76. The second kappa shape index (κ2) is 6.84. The van der Waals surface area contributed by atoms with Crippen LogP contribution in [0.2, 0.25) is 0 Å². The number of rotatable bonds is 4. The van der Waals surface area contributed by atoms with Gasteiger partial charge < -0.3 is 9.42 Å². The van der Waals surface area contributed by atoms with E-state index in [9.17, 15) is 4.79 Å². The standard InChI is InChI=1S/C18H18N6O2S/c25-18(14-8-13(21-22-14)15-5-3-7-27-15)24-9-11(10-24)17-20-16(23-26-17)12-4-1-2-6-19-12/h1-7,11,13-14,21-22H,8-10H2. The Bertz CT molecular complexity index is 923. The molecule has 2 saturated heterocycles. The van der Waals surface area contributed by atoms with E-state index in [1.807, 2.05) is 29.2 Å². The Hall–Kier alpha value is -2.62. The Kier molecular flexibility index (Phi) is 4.19. The zero-order valence-electron chi connectivity index (χ0n) is 14.4. The first kappa shape index (κ1) is 16.5. The van der Waals surface area contributed by atoms with Gasteiger partial charge in [0.2, 0.25) is 17.6 Å². The predicted molar refractivity (Wildman–Crippen MR) is 98.6 cm³/mol. The maximum atomic E-state index is 12.7. The van der Waals surface area contributed by atoms with E-state index < -0.39 is 0 Å². The fourth-order valence-corrected chi connectivity index (χ4v) is 4.22. The zero-order chi connectivity index (χ0) is 18.2. The maximum Gasteiger partial charge on any atom is 0.241 e. The quantitative estimate of drug-likeness (QED) is 0.709. The zero-order valence-corrected chi connectivity index (χ0v) is 15.2. The lowest BCUT2D eigenvalue weighted by Gasteiger charge is -2.38. The molecule has 2 N–H and O–H groups in total. The van der Waals surface area contributed by atoms with Gasteiger partial charge in [-0.25, -0.2) is 10.9 Å². The van der Waals surface area contributed by atoms with Gasteiger partial charge in [0, 0.05) is 24.2 Å². The number of pyridine rings is 1. The number of likely N-dealkylation sites (tertiary alicyclic amines) is 1. The molecular formula is C18H18N6O2S. The van der Waals surface area contributed by atoms with E-state index >= 15 is 0 Å². The third kappa shape index (κ3) is 3.14.